The van der Waals surface area contributed by atoms with Gasteiger partial charge in [0, 0.05) is 18.1 Å². The molecule has 2 aromatic rings. The van der Waals surface area contributed by atoms with Gasteiger partial charge in [0.1, 0.15) is 0 Å². The second-order valence-corrected chi connectivity index (χ2v) is 4.69. The molecule has 0 aliphatic rings. The molecule has 0 aliphatic carbocycles. The summed E-state index contributed by atoms with van der Waals surface area (Å²) in [7, 11) is 0. The van der Waals surface area contributed by atoms with Crippen LogP contribution in [0.25, 0.3) is 0 Å². The van der Waals surface area contributed by atoms with Crippen molar-refractivity contribution in [3.63, 3.8) is 0 Å². The molecule has 0 saturated heterocycles. The zero-order chi connectivity index (χ0) is 15.2. The minimum absolute atomic E-state index is 0.194. The maximum absolute atomic E-state index is 11.3. The summed E-state index contributed by atoms with van der Waals surface area (Å²) < 4.78 is 0. The van der Waals surface area contributed by atoms with Gasteiger partial charge < -0.3 is 5.32 Å². The minimum Gasteiger partial charge on any atom is -0.325 e. The highest BCUT2D eigenvalue weighted by Gasteiger charge is 2.08. The zero-order valence-corrected chi connectivity index (χ0v) is 11.9. The summed E-state index contributed by atoms with van der Waals surface area (Å²) in [4.78, 5) is 22.6. The summed E-state index contributed by atoms with van der Waals surface area (Å²) in [5.41, 5.74) is 3.32. The Hall–Kier alpha value is -2.86. The summed E-state index contributed by atoms with van der Waals surface area (Å²) in [6.07, 6.45) is 0.757. The third kappa shape index (κ3) is 3.80. The van der Waals surface area contributed by atoms with E-state index in [2.05, 4.69) is 17.2 Å². The fourth-order valence-electron chi connectivity index (χ4n) is 1.99. The predicted octanol–water partition coefficient (Wildman–Crippen LogP) is 3.17. The fraction of sp³-hybridized carbons (Fsp3) is 0.111. The standard InChI is InChI=1S/C18H15NO2/c1-13-10-16(12-20)17(18(11-13)19-14(2)21)9-8-15-6-4-3-5-7-15/h3-7,10-12H,1-2H3,(H,19,21). The van der Waals surface area contributed by atoms with Crippen molar-refractivity contribution < 1.29 is 9.59 Å². The van der Waals surface area contributed by atoms with Crippen molar-refractivity contribution in [3.05, 3.63) is 64.7 Å². The maximum atomic E-state index is 11.3. The van der Waals surface area contributed by atoms with E-state index >= 15 is 0 Å². The van der Waals surface area contributed by atoms with Crippen LogP contribution in [0.3, 0.4) is 0 Å². The van der Waals surface area contributed by atoms with Crippen LogP contribution in [-0.4, -0.2) is 12.2 Å². The molecule has 2 aromatic carbocycles. The summed E-state index contributed by atoms with van der Waals surface area (Å²) >= 11 is 0. The molecule has 0 unspecified atom stereocenters. The first-order valence-electron chi connectivity index (χ1n) is 6.54. The molecule has 0 atom stereocenters. The van der Waals surface area contributed by atoms with Gasteiger partial charge in [-0.1, -0.05) is 30.0 Å². The predicted molar refractivity (Wildman–Crippen MR) is 83.3 cm³/mol. The second kappa shape index (κ2) is 6.53. The van der Waals surface area contributed by atoms with Crippen LogP contribution in [0.15, 0.2) is 42.5 Å². The van der Waals surface area contributed by atoms with E-state index in [9.17, 15) is 9.59 Å². The van der Waals surface area contributed by atoms with Crippen molar-refractivity contribution in [2.75, 3.05) is 5.32 Å². The van der Waals surface area contributed by atoms with Crippen LogP contribution >= 0.6 is 0 Å². The number of hydrogen-bond acceptors (Lipinski definition) is 2. The number of carbonyl (C=O) groups excluding carboxylic acids is 2. The van der Waals surface area contributed by atoms with Gasteiger partial charge in [-0.25, -0.2) is 0 Å². The molecular formula is C18H15NO2. The number of nitrogens with one attached hydrogen (secondary N) is 1. The van der Waals surface area contributed by atoms with E-state index in [1.54, 1.807) is 6.07 Å². The molecule has 0 heterocycles. The summed E-state index contributed by atoms with van der Waals surface area (Å²) in [5.74, 6) is 5.80. The van der Waals surface area contributed by atoms with Crippen molar-refractivity contribution in [2.45, 2.75) is 13.8 Å². The number of hydrogen-bond donors (Lipinski definition) is 1. The lowest BCUT2D eigenvalue weighted by Crippen LogP contribution is -2.09. The Morgan fingerprint density at radius 2 is 1.86 bits per heavy atom. The molecule has 0 saturated carbocycles. The fourth-order valence-corrected chi connectivity index (χ4v) is 1.99. The Bertz CT molecular complexity index is 737. The van der Waals surface area contributed by atoms with Gasteiger partial charge in [-0.15, -0.1) is 0 Å². The Balaban J connectivity index is 2.53. The third-order valence-corrected chi connectivity index (χ3v) is 2.86. The molecule has 2 rings (SSSR count). The normalized spacial score (nSPS) is 9.43. The van der Waals surface area contributed by atoms with E-state index in [4.69, 9.17) is 0 Å². The van der Waals surface area contributed by atoms with Crippen LogP contribution in [0.4, 0.5) is 5.69 Å². The second-order valence-electron chi connectivity index (χ2n) is 4.69. The monoisotopic (exact) mass is 277 g/mol. The van der Waals surface area contributed by atoms with Crippen LogP contribution in [0, 0.1) is 18.8 Å². The minimum atomic E-state index is -0.194. The van der Waals surface area contributed by atoms with Crippen LogP contribution in [0.2, 0.25) is 0 Å². The SMILES string of the molecule is CC(=O)Nc1cc(C)cc(C=O)c1C#Cc1ccccc1. The van der Waals surface area contributed by atoms with Gasteiger partial charge in [0.05, 0.1) is 11.3 Å². The number of aryl methyl sites for hydroxylation is 1. The number of amides is 1. The summed E-state index contributed by atoms with van der Waals surface area (Å²) in [6.45, 7) is 3.30. The topological polar surface area (TPSA) is 46.2 Å². The highest BCUT2D eigenvalue weighted by atomic mass is 16.1. The number of carbonyl (C=O) groups is 2. The Kier molecular flexibility index (Phi) is 4.53. The van der Waals surface area contributed by atoms with Crippen LogP contribution in [0.5, 0.6) is 0 Å². The van der Waals surface area contributed by atoms with Crippen LogP contribution < -0.4 is 5.32 Å². The van der Waals surface area contributed by atoms with E-state index in [1.807, 2.05) is 43.3 Å². The molecule has 0 fully saturated rings. The average molecular weight is 277 g/mol. The molecule has 3 heteroatoms. The first kappa shape index (κ1) is 14.5. The molecule has 3 nitrogen and oxygen atoms in total. The number of benzene rings is 2. The van der Waals surface area contributed by atoms with Crippen molar-refractivity contribution in [3.8, 4) is 11.8 Å². The average Bonchev–Trinajstić information content (AvgIpc) is 2.46. The van der Waals surface area contributed by atoms with Gasteiger partial charge in [-0.2, -0.15) is 0 Å². The van der Waals surface area contributed by atoms with Crippen molar-refractivity contribution in [2.24, 2.45) is 0 Å². The summed E-state index contributed by atoms with van der Waals surface area (Å²) in [6, 6.07) is 13.1. The molecular weight excluding hydrogens is 262 g/mol. The lowest BCUT2D eigenvalue weighted by atomic mass is 10.0. The lowest BCUT2D eigenvalue weighted by Gasteiger charge is -2.09. The maximum Gasteiger partial charge on any atom is 0.221 e. The molecule has 0 aliphatic heterocycles. The van der Waals surface area contributed by atoms with Crippen molar-refractivity contribution in [1.29, 1.82) is 0 Å². The van der Waals surface area contributed by atoms with Crippen LogP contribution in [0.1, 0.15) is 34.0 Å². The van der Waals surface area contributed by atoms with Gasteiger partial charge >= 0.3 is 0 Å². The molecule has 0 bridgehead atoms. The van der Waals surface area contributed by atoms with E-state index in [1.165, 1.54) is 6.92 Å². The van der Waals surface area contributed by atoms with Gasteiger partial charge in [0.25, 0.3) is 0 Å². The highest BCUT2D eigenvalue weighted by Crippen LogP contribution is 2.21. The molecule has 1 amide bonds. The van der Waals surface area contributed by atoms with Gasteiger partial charge in [0.2, 0.25) is 5.91 Å². The first-order chi connectivity index (χ1) is 10.1. The zero-order valence-electron chi connectivity index (χ0n) is 11.9. The van der Waals surface area contributed by atoms with E-state index < -0.39 is 0 Å². The smallest absolute Gasteiger partial charge is 0.221 e. The van der Waals surface area contributed by atoms with E-state index in [-0.39, 0.29) is 5.91 Å². The molecule has 0 radical (unpaired) electrons. The number of rotatable bonds is 2. The summed E-state index contributed by atoms with van der Waals surface area (Å²) in [5, 5.41) is 2.72. The van der Waals surface area contributed by atoms with Crippen molar-refractivity contribution in [1.82, 2.24) is 0 Å². The first-order valence-corrected chi connectivity index (χ1v) is 6.54. The number of aldehydes is 1. The van der Waals surface area contributed by atoms with E-state index in [0.29, 0.717) is 16.8 Å². The van der Waals surface area contributed by atoms with Gasteiger partial charge in [0.15, 0.2) is 6.29 Å². The molecule has 0 aromatic heterocycles. The third-order valence-electron chi connectivity index (χ3n) is 2.86. The molecule has 0 spiro atoms. The largest absolute Gasteiger partial charge is 0.325 e. The Morgan fingerprint density at radius 3 is 2.48 bits per heavy atom. The quantitative estimate of drug-likeness (QED) is 0.677. The molecule has 21 heavy (non-hydrogen) atoms. The number of anilines is 1. The molecule has 1 N–H and O–H groups in total. The van der Waals surface area contributed by atoms with Gasteiger partial charge in [-0.3, -0.25) is 9.59 Å². The Labute approximate surface area is 124 Å². The van der Waals surface area contributed by atoms with E-state index in [0.717, 1.165) is 17.4 Å². The van der Waals surface area contributed by atoms with Crippen LogP contribution in [-0.2, 0) is 4.79 Å². The van der Waals surface area contributed by atoms with Crippen molar-refractivity contribution >= 4 is 17.9 Å². The lowest BCUT2D eigenvalue weighted by molar-refractivity contribution is -0.114. The Morgan fingerprint density at radius 1 is 1.14 bits per heavy atom. The van der Waals surface area contributed by atoms with Gasteiger partial charge in [-0.05, 0) is 36.8 Å². The highest BCUT2D eigenvalue weighted by molar-refractivity contribution is 5.93. The molecule has 104 valence electrons.